The molecule has 0 bridgehead atoms. The summed E-state index contributed by atoms with van der Waals surface area (Å²) in [4.78, 5) is 12.7. The molecule has 4 heteroatoms. The van der Waals surface area contributed by atoms with Crippen LogP contribution < -0.4 is 0 Å². The van der Waals surface area contributed by atoms with Crippen LogP contribution in [0.4, 0.5) is 0 Å². The molecule has 0 amide bonds. The number of carbonyl (C=O) groups excluding carboxylic acids is 1. The zero-order valence-corrected chi connectivity index (χ0v) is 15.2. The number of hydrogen-bond donors (Lipinski definition) is 0. The van der Waals surface area contributed by atoms with E-state index in [4.69, 9.17) is 9.84 Å². The average Bonchev–Trinajstić information content (AvgIpc) is 3.01. The normalized spacial score (nSPS) is 21.4. The summed E-state index contributed by atoms with van der Waals surface area (Å²) in [5.41, 5.74) is 2.93. The largest absolute Gasteiger partial charge is 0.378 e. The minimum atomic E-state index is 0.236. The predicted octanol–water partition coefficient (Wildman–Crippen LogP) is 4.68. The fraction of sp³-hybridized carbons (Fsp3) is 0.619. The minimum absolute atomic E-state index is 0.236. The first kappa shape index (κ1) is 16.8. The monoisotopic (exact) mass is 340 g/mol. The molecule has 2 heterocycles. The number of carbonyl (C=O) groups is 1. The number of nitrogens with zero attached hydrogens (tertiary/aromatic N) is 2. The van der Waals surface area contributed by atoms with E-state index in [1.165, 1.54) is 25.7 Å². The van der Waals surface area contributed by atoms with Crippen molar-refractivity contribution in [2.75, 3.05) is 6.61 Å². The van der Waals surface area contributed by atoms with E-state index in [2.05, 4.69) is 17.8 Å². The van der Waals surface area contributed by atoms with Gasteiger partial charge in [0.1, 0.15) is 0 Å². The molecular weight excluding hydrogens is 312 g/mol. The fourth-order valence-corrected chi connectivity index (χ4v) is 4.08. The quantitative estimate of drug-likeness (QED) is 0.717. The zero-order chi connectivity index (χ0) is 17.2. The Bertz CT molecular complexity index is 755. The maximum Gasteiger partial charge on any atom is 0.163 e. The number of aryl methyl sites for hydroxylation is 1. The van der Waals surface area contributed by atoms with Gasteiger partial charge < -0.3 is 4.74 Å². The third kappa shape index (κ3) is 3.64. The third-order valence-electron chi connectivity index (χ3n) is 5.94. The standard InChI is InChI=1S/C21H28N2O2/c1-15-18(21(24)11-8-17-7-2-3-12-25-17)9-10-20-19(15)14-23(22-20)13-16-5-4-6-16/h9-10,14,16-17H,2-8,11-13H2,1H3. The van der Waals surface area contributed by atoms with Gasteiger partial charge in [0.05, 0.1) is 11.6 Å². The summed E-state index contributed by atoms with van der Waals surface area (Å²) in [6, 6.07) is 3.96. The van der Waals surface area contributed by atoms with Crippen LogP contribution in [0.15, 0.2) is 18.3 Å². The van der Waals surface area contributed by atoms with E-state index in [-0.39, 0.29) is 11.9 Å². The molecule has 1 aliphatic heterocycles. The highest BCUT2D eigenvalue weighted by molar-refractivity contribution is 6.01. The lowest BCUT2D eigenvalue weighted by Gasteiger charge is -2.24. The van der Waals surface area contributed by atoms with Gasteiger partial charge in [-0.15, -0.1) is 0 Å². The van der Waals surface area contributed by atoms with Crippen molar-refractivity contribution in [3.05, 3.63) is 29.5 Å². The van der Waals surface area contributed by atoms with E-state index >= 15 is 0 Å². The molecule has 1 aliphatic carbocycles. The van der Waals surface area contributed by atoms with Crippen molar-refractivity contribution in [3.8, 4) is 0 Å². The Morgan fingerprint density at radius 1 is 1.24 bits per heavy atom. The molecule has 2 aliphatic rings. The molecule has 4 rings (SSSR count). The summed E-state index contributed by atoms with van der Waals surface area (Å²) >= 11 is 0. The maximum atomic E-state index is 12.7. The van der Waals surface area contributed by atoms with Crippen LogP contribution in [0.1, 0.15) is 67.3 Å². The van der Waals surface area contributed by atoms with Crippen molar-refractivity contribution in [1.29, 1.82) is 0 Å². The highest BCUT2D eigenvalue weighted by atomic mass is 16.5. The molecule has 134 valence electrons. The molecule has 1 saturated heterocycles. The summed E-state index contributed by atoms with van der Waals surface area (Å²) in [5.74, 6) is 1.02. The Hall–Kier alpha value is -1.68. The molecule has 2 fully saturated rings. The van der Waals surface area contributed by atoms with Crippen LogP contribution in [0, 0.1) is 12.8 Å². The van der Waals surface area contributed by atoms with Crippen molar-refractivity contribution in [2.24, 2.45) is 5.92 Å². The molecule has 0 radical (unpaired) electrons. The van der Waals surface area contributed by atoms with E-state index in [1.54, 1.807) is 0 Å². The number of rotatable bonds is 6. The highest BCUT2D eigenvalue weighted by Gasteiger charge is 2.20. The van der Waals surface area contributed by atoms with E-state index in [1.807, 2.05) is 12.1 Å². The molecule has 25 heavy (non-hydrogen) atoms. The van der Waals surface area contributed by atoms with Gasteiger partial charge in [0.2, 0.25) is 0 Å². The predicted molar refractivity (Wildman–Crippen MR) is 99.0 cm³/mol. The van der Waals surface area contributed by atoms with Crippen LogP contribution >= 0.6 is 0 Å². The number of Topliss-reactive ketones (excluding diaryl/α,β-unsaturated/α-hetero) is 1. The smallest absolute Gasteiger partial charge is 0.163 e. The maximum absolute atomic E-state index is 12.7. The van der Waals surface area contributed by atoms with Crippen molar-refractivity contribution in [3.63, 3.8) is 0 Å². The third-order valence-corrected chi connectivity index (χ3v) is 5.94. The number of ketones is 1. The zero-order valence-electron chi connectivity index (χ0n) is 15.2. The van der Waals surface area contributed by atoms with Gasteiger partial charge in [-0.05, 0) is 69.1 Å². The second kappa shape index (κ2) is 7.28. The summed E-state index contributed by atoms with van der Waals surface area (Å²) in [6.45, 7) is 3.92. The van der Waals surface area contributed by atoms with E-state index in [9.17, 15) is 4.79 Å². The minimum Gasteiger partial charge on any atom is -0.378 e. The van der Waals surface area contributed by atoms with Crippen LogP contribution in [0.2, 0.25) is 0 Å². The SMILES string of the molecule is Cc1c(C(=O)CCC2CCCCO2)ccc2nn(CC3CCC3)cc12. The second-order valence-corrected chi connectivity index (χ2v) is 7.77. The second-order valence-electron chi connectivity index (χ2n) is 7.77. The van der Waals surface area contributed by atoms with E-state index < -0.39 is 0 Å². The molecule has 1 aromatic heterocycles. The Kier molecular flexibility index (Phi) is 4.89. The van der Waals surface area contributed by atoms with Gasteiger partial charge in [-0.25, -0.2) is 0 Å². The Balaban J connectivity index is 1.46. The molecule has 2 aromatic rings. The van der Waals surface area contributed by atoms with E-state index in [0.717, 1.165) is 60.4 Å². The first-order valence-corrected chi connectivity index (χ1v) is 9.82. The van der Waals surface area contributed by atoms with Gasteiger partial charge in [-0.2, -0.15) is 5.10 Å². The molecule has 1 aromatic carbocycles. The molecule has 0 spiro atoms. The number of hydrogen-bond acceptors (Lipinski definition) is 3. The van der Waals surface area contributed by atoms with Gasteiger partial charge in [0.25, 0.3) is 0 Å². The van der Waals surface area contributed by atoms with E-state index in [0.29, 0.717) is 6.42 Å². The Labute approximate surface area is 149 Å². The molecule has 1 unspecified atom stereocenters. The van der Waals surface area contributed by atoms with Crippen molar-refractivity contribution in [1.82, 2.24) is 9.78 Å². The summed E-state index contributed by atoms with van der Waals surface area (Å²) in [7, 11) is 0. The van der Waals surface area contributed by atoms with Crippen LogP contribution in [0.3, 0.4) is 0 Å². The fourth-order valence-electron chi connectivity index (χ4n) is 4.08. The van der Waals surface area contributed by atoms with Gasteiger partial charge in [-0.1, -0.05) is 6.42 Å². The molecule has 0 N–H and O–H groups in total. The van der Waals surface area contributed by atoms with Crippen LogP contribution in [-0.4, -0.2) is 28.3 Å². The van der Waals surface area contributed by atoms with Crippen LogP contribution in [-0.2, 0) is 11.3 Å². The number of ether oxygens (including phenoxy) is 1. The lowest BCUT2D eigenvalue weighted by Crippen LogP contribution is -2.20. The first-order chi connectivity index (χ1) is 12.2. The molecule has 4 nitrogen and oxygen atoms in total. The Morgan fingerprint density at radius 3 is 2.84 bits per heavy atom. The van der Waals surface area contributed by atoms with Crippen LogP contribution in [0.5, 0.6) is 0 Å². The highest BCUT2D eigenvalue weighted by Crippen LogP contribution is 2.29. The van der Waals surface area contributed by atoms with Crippen molar-refractivity contribution >= 4 is 16.7 Å². The average molecular weight is 340 g/mol. The lowest BCUT2D eigenvalue weighted by molar-refractivity contribution is 0.0104. The first-order valence-electron chi connectivity index (χ1n) is 9.82. The summed E-state index contributed by atoms with van der Waals surface area (Å²) in [5, 5.41) is 5.82. The van der Waals surface area contributed by atoms with Crippen molar-refractivity contribution < 1.29 is 9.53 Å². The number of aromatic nitrogens is 2. The van der Waals surface area contributed by atoms with Gasteiger partial charge in [0.15, 0.2) is 5.78 Å². The summed E-state index contributed by atoms with van der Waals surface area (Å²) < 4.78 is 7.83. The molecule has 1 atom stereocenters. The van der Waals surface area contributed by atoms with Crippen molar-refractivity contribution in [2.45, 2.75) is 70.9 Å². The topological polar surface area (TPSA) is 44.1 Å². The molecular formula is C21H28N2O2. The van der Waals surface area contributed by atoms with Gasteiger partial charge >= 0.3 is 0 Å². The summed E-state index contributed by atoms with van der Waals surface area (Å²) in [6.07, 6.45) is 11.3. The molecule has 1 saturated carbocycles. The Morgan fingerprint density at radius 2 is 2.12 bits per heavy atom. The lowest BCUT2D eigenvalue weighted by atomic mass is 9.85. The van der Waals surface area contributed by atoms with Gasteiger partial charge in [0, 0.05) is 36.7 Å². The number of fused-ring (bicyclic) bond motifs is 1. The van der Waals surface area contributed by atoms with Gasteiger partial charge in [-0.3, -0.25) is 9.48 Å². The number of benzene rings is 1. The van der Waals surface area contributed by atoms with Crippen LogP contribution in [0.25, 0.3) is 10.9 Å².